The third-order valence-corrected chi connectivity index (χ3v) is 3.12. The number of halogens is 1. The van der Waals surface area contributed by atoms with Gasteiger partial charge in [0.15, 0.2) is 0 Å². The van der Waals surface area contributed by atoms with E-state index >= 15 is 0 Å². The SMILES string of the molecule is O=C1Nc2cccc(F)c2S(=O)(=O)N1. The van der Waals surface area contributed by atoms with Crippen molar-refractivity contribution < 1.29 is 17.6 Å². The number of hydrogen-bond acceptors (Lipinski definition) is 3. The van der Waals surface area contributed by atoms with Crippen molar-refractivity contribution >= 4 is 21.7 Å². The van der Waals surface area contributed by atoms with Crippen molar-refractivity contribution in [2.24, 2.45) is 0 Å². The Bertz CT molecular complexity index is 512. The first-order chi connectivity index (χ1) is 6.50. The maximum absolute atomic E-state index is 13.1. The minimum atomic E-state index is -4.06. The van der Waals surface area contributed by atoms with Crippen molar-refractivity contribution in [3.05, 3.63) is 24.0 Å². The fourth-order valence-corrected chi connectivity index (χ4v) is 2.33. The highest BCUT2D eigenvalue weighted by atomic mass is 32.2. The summed E-state index contributed by atoms with van der Waals surface area (Å²) in [4.78, 5) is 10.3. The number of nitrogens with one attached hydrogen (secondary N) is 2. The summed E-state index contributed by atoms with van der Waals surface area (Å²) in [5, 5.41) is 2.19. The summed E-state index contributed by atoms with van der Waals surface area (Å²) in [7, 11) is -4.06. The molecule has 0 fully saturated rings. The first-order valence-corrected chi connectivity index (χ1v) is 5.11. The molecular formula is C7H5FN2O3S. The monoisotopic (exact) mass is 216 g/mol. The highest BCUT2D eigenvalue weighted by Crippen LogP contribution is 2.26. The van der Waals surface area contributed by atoms with Gasteiger partial charge < -0.3 is 5.32 Å². The lowest BCUT2D eigenvalue weighted by Crippen LogP contribution is -2.39. The minimum Gasteiger partial charge on any atom is -0.306 e. The van der Waals surface area contributed by atoms with E-state index in [0.29, 0.717) is 0 Å². The average Bonchev–Trinajstić information content (AvgIpc) is 2.00. The number of carbonyl (C=O) groups excluding carboxylic acids is 1. The van der Waals surface area contributed by atoms with Crippen LogP contribution in [0.1, 0.15) is 0 Å². The number of carbonyl (C=O) groups is 1. The van der Waals surface area contributed by atoms with Crippen LogP contribution in [0.15, 0.2) is 23.1 Å². The van der Waals surface area contributed by atoms with Crippen molar-refractivity contribution in [3.63, 3.8) is 0 Å². The molecule has 2 N–H and O–H groups in total. The molecule has 0 saturated carbocycles. The number of sulfonamides is 1. The Kier molecular flexibility index (Phi) is 1.71. The zero-order valence-corrected chi connectivity index (χ0v) is 7.56. The Morgan fingerprint density at radius 2 is 2.00 bits per heavy atom. The predicted octanol–water partition coefficient (Wildman–Crippen LogP) is 0.650. The third kappa shape index (κ3) is 1.22. The molecule has 7 heteroatoms. The molecule has 0 atom stereocenters. The first kappa shape index (κ1) is 8.95. The Balaban J connectivity index is 2.77. The van der Waals surface area contributed by atoms with E-state index in [0.717, 1.165) is 6.07 Å². The Labute approximate surface area is 79.0 Å². The second kappa shape index (κ2) is 2.68. The van der Waals surface area contributed by atoms with Gasteiger partial charge in [0.1, 0.15) is 10.7 Å². The highest BCUT2D eigenvalue weighted by Gasteiger charge is 2.30. The average molecular weight is 216 g/mol. The Morgan fingerprint density at radius 1 is 1.29 bits per heavy atom. The Morgan fingerprint density at radius 3 is 2.71 bits per heavy atom. The van der Waals surface area contributed by atoms with Crippen LogP contribution >= 0.6 is 0 Å². The van der Waals surface area contributed by atoms with E-state index in [1.807, 2.05) is 0 Å². The summed E-state index contributed by atoms with van der Waals surface area (Å²) in [6, 6.07) is 2.75. The molecule has 2 amide bonds. The van der Waals surface area contributed by atoms with Crippen molar-refractivity contribution in [1.82, 2.24) is 4.72 Å². The van der Waals surface area contributed by atoms with Gasteiger partial charge in [-0.15, -0.1) is 0 Å². The molecule has 0 spiro atoms. The topological polar surface area (TPSA) is 75.3 Å². The number of hydrogen-bond donors (Lipinski definition) is 2. The van der Waals surface area contributed by atoms with Crippen LogP contribution in [0.4, 0.5) is 14.9 Å². The van der Waals surface area contributed by atoms with Gasteiger partial charge in [0, 0.05) is 0 Å². The van der Waals surface area contributed by atoms with Crippen LogP contribution in [0.25, 0.3) is 0 Å². The number of amides is 2. The van der Waals surface area contributed by atoms with E-state index < -0.39 is 26.8 Å². The van der Waals surface area contributed by atoms with Crippen molar-refractivity contribution in [2.75, 3.05) is 5.32 Å². The van der Waals surface area contributed by atoms with Crippen LogP contribution in [0.5, 0.6) is 0 Å². The molecule has 2 rings (SSSR count). The van der Waals surface area contributed by atoms with E-state index in [4.69, 9.17) is 0 Å². The maximum atomic E-state index is 13.1. The minimum absolute atomic E-state index is 0.0475. The number of urea groups is 1. The predicted molar refractivity (Wildman–Crippen MR) is 45.7 cm³/mol. The maximum Gasteiger partial charge on any atom is 0.333 e. The van der Waals surface area contributed by atoms with Crippen molar-refractivity contribution in [1.29, 1.82) is 0 Å². The molecule has 0 radical (unpaired) electrons. The smallest absolute Gasteiger partial charge is 0.306 e. The lowest BCUT2D eigenvalue weighted by atomic mass is 10.3. The van der Waals surface area contributed by atoms with Crippen LogP contribution in [-0.4, -0.2) is 14.4 Å². The largest absolute Gasteiger partial charge is 0.333 e. The zero-order chi connectivity index (χ0) is 10.3. The molecule has 1 aliphatic heterocycles. The molecule has 74 valence electrons. The summed E-state index contributed by atoms with van der Waals surface area (Å²) in [6.45, 7) is 0. The normalized spacial score (nSPS) is 17.9. The summed E-state index contributed by atoms with van der Waals surface area (Å²) in [5.41, 5.74) is -0.0475. The lowest BCUT2D eigenvalue weighted by molar-refractivity contribution is 0.256. The number of rotatable bonds is 0. The molecule has 0 bridgehead atoms. The molecule has 1 aromatic rings. The van der Waals surface area contributed by atoms with Crippen LogP contribution in [0.2, 0.25) is 0 Å². The molecular weight excluding hydrogens is 211 g/mol. The fraction of sp³-hybridized carbons (Fsp3) is 0. The van der Waals surface area contributed by atoms with Gasteiger partial charge in [0.05, 0.1) is 5.69 Å². The van der Waals surface area contributed by atoms with E-state index in [-0.39, 0.29) is 5.69 Å². The molecule has 0 saturated heterocycles. The van der Waals surface area contributed by atoms with Crippen molar-refractivity contribution in [2.45, 2.75) is 4.90 Å². The molecule has 1 heterocycles. The summed E-state index contributed by atoms with van der Waals surface area (Å²) >= 11 is 0. The quantitative estimate of drug-likeness (QED) is 0.668. The van der Waals surface area contributed by atoms with E-state index in [1.165, 1.54) is 12.1 Å². The van der Waals surface area contributed by atoms with Gasteiger partial charge in [-0.25, -0.2) is 22.3 Å². The molecule has 0 unspecified atom stereocenters. The highest BCUT2D eigenvalue weighted by molar-refractivity contribution is 7.90. The Hall–Kier alpha value is -1.63. The molecule has 14 heavy (non-hydrogen) atoms. The fourth-order valence-electron chi connectivity index (χ4n) is 1.20. The van der Waals surface area contributed by atoms with Gasteiger partial charge >= 0.3 is 6.03 Å². The van der Waals surface area contributed by atoms with Gasteiger partial charge in [0.2, 0.25) is 0 Å². The zero-order valence-electron chi connectivity index (χ0n) is 6.74. The molecule has 5 nitrogen and oxygen atoms in total. The summed E-state index contributed by atoms with van der Waals surface area (Å²) < 4.78 is 37.3. The number of fused-ring (bicyclic) bond motifs is 1. The summed E-state index contributed by atoms with van der Waals surface area (Å²) in [5.74, 6) is -0.894. The van der Waals surface area contributed by atoms with Gasteiger partial charge in [-0.3, -0.25) is 0 Å². The van der Waals surface area contributed by atoms with Crippen LogP contribution in [0.3, 0.4) is 0 Å². The lowest BCUT2D eigenvalue weighted by Gasteiger charge is -2.18. The second-order valence-electron chi connectivity index (χ2n) is 2.68. The molecule has 1 aliphatic rings. The summed E-state index contributed by atoms with van der Waals surface area (Å²) in [6.07, 6.45) is 0. The second-order valence-corrected chi connectivity index (χ2v) is 4.30. The van der Waals surface area contributed by atoms with Crippen LogP contribution in [-0.2, 0) is 10.0 Å². The van der Waals surface area contributed by atoms with E-state index in [1.54, 1.807) is 4.72 Å². The van der Waals surface area contributed by atoms with Crippen LogP contribution in [0, 0.1) is 5.82 Å². The third-order valence-electron chi connectivity index (χ3n) is 1.71. The number of anilines is 1. The molecule has 1 aromatic carbocycles. The first-order valence-electron chi connectivity index (χ1n) is 3.63. The van der Waals surface area contributed by atoms with Gasteiger partial charge in [-0.1, -0.05) is 6.07 Å². The number of benzene rings is 1. The van der Waals surface area contributed by atoms with Crippen LogP contribution < -0.4 is 10.0 Å². The van der Waals surface area contributed by atoms with E-state index in [2.05, 4.69) is 5.32 Å². The van der Waals surface area contributed by atoms with Gasteiger partial charge in [0.25, 0.3) is 10.0 Å². The molecule has 0 aliphatic carbocycles. The van der Waals surface area contributed by atoms with Gasteiger partial charge in [-0.2, -0.15) is 0 Å². The van der Waals surface area contributed by atoms with Gasteiger partial charge in [-0.05, 0) is 12.1 Å². The van der Waals surface area contributed by atoms with Crippen molar-refractivity contribution in [3.8, 4) is 0 Å². The standard InChI is InChI=1S/C7H5FN2O3S/c8-4-2-1-3-5-6(4)14(12,13)10-7(11)9-5/h1-3H,(H2,9,10,11). The molecule has 0 aromatic heterocycles. The van der Waals surface area contributed by atoms with E-state index in [9.17, 15) is 17.6 Å².